The molecule has 12 atom stereocenters. The van der Waals surface area contributed by atoms with Crippen molar-refractivity contribution in [2.75, 3.05) is 0 Å². The van der Waals surface area contributed by atoms with Crippen molar-refractivity contribution < 1.29 is 19.2 Å². The SMILES string of the molecule is CC(=O)CCC(=O)Cn1c(=O)n(C2CC3CCCC(C2)N3C2CC3CCCC(C3)C2)c(=O)c2ccccc21.CC(=O)Cn1c(=O)n(C2CC3CCCC(C2)N3C2CC3CCCC(C3)C2)c(=O)c2ccccc21.CCC1CC2CC(C1)CC(N1C3CCCC1CC(n1c(=O)c4ccccc4n(CC(C)=O)c1=O)C3)C2. The van der Waals surface area contributed by atoms with E-state index >= 15 is 0 Å². The molecule has 6 saturated carbocycles. The van der Waals surface area contributed by atoms with Crippen LogP contribution in [-0.4, -0.2) is 120 Å². The second-order valence-corrected chi connectivity index (χ2v) is 36.6. The second kappa shape index (κ2) is 32.0. The molecule has 9 heterocycles. The Hall–Kier alpha value is -6.96. The lowest BCUT2D eigenvalue weighted by molar-refractivity contribution is -0.123. The number of fused-ring (bicyclic) bond motifs is 15. The first-order valence-electron chi connectivity index (χ1n) is 42.8. The van der Waals surface area contributed by atoms with E-state index in [0.29, 0.717) is 87.1 Å². The zero-order chi connectivity index (χ0) is 74.8. The van der Waals surface area contributed by atoms with Crippen molar-refractivity contribution in [3.05, 3.63) is 135 Å². The predicted molar refractivity (Wildman–Crippen MR) is 423 cm³/mol. The number of nitrogens with zero attached hydrogens (tertiary/aromatic N) is 9. The number of piperidine rings is 6. The van der Waals surface area contributed by atoms with Crippen LogP contribution in [0.3, 0.4) is 0 Å². The van der Waals surface area contributed by atoms with Gasteiger partial charge in [0.25, 0.3) is 16.7 Å². The maximum Gasteiger partial charge on any atom is 0.332 e. The summed E-state index contributed by atoms with van der Waals surface area (Å²) in [5.74, 6) is 5.89. The Morgan fingerprint density at radius 2 is 0.593 bits per heavy atom. The molecule has 6 saturated heterocycles. The molecule has 6 aliphatic heterocycles. The van der Waals surface area contributed by atoms with Crippen LogP contribution in [0.15, 0.2) is 102 Å². The molecule has 12 unspecified atom stereocenters. The molecule has 6 aliphatic carbocycles. The van der Waals surface area contributed by atoms with Crippen LogP contribution >= 0.6 is 0 Å². The summed E-state index contributed by atoms with van der Waals surface area (Å²) < 4.78 is 9.04. The Morgan fingerprint density at radius 1 is 0.306 bits per heavy atom. The van der Waals surface area contributed by atoms with Gasteiger partial charge in [-0.2, -0.15) is 0 Å². The standard InChI is InChI=1S/C31H41N3O4.C30H41N3O3.C28H37N3O3/c1-20(35)12-13-27(36)19-32-29-11-3-2-10-28(29)30(37)34(31(32)38)26-17-23-8-5-9-24(18-26)33(23)25-15-21-6-4-7-22(14-21)16-25;1-3-20-11-21-13-22(12-20)15-25(14-21)32-23-7-6-8-24(32)17-26(16-23)33-29(35)27-9-4-5-10-28(27)31(30(33)36)18-19(2)34;1-18(32)17-29-26-11-3-2-10-25(26)27(33)31(28(29)34)24-15-21-8-5-9-22(16-24)30(21)23-13-19-6-4-7-20(12-19)14-23/h2-3,10-11,21-26H,4-9,12-19H2,1H3;4-5,9-10,20-26H,3,6-8,11-18H2,1-2H3;2-3,10-11,19-24H,4-9,12-17H2,1H3. The van der Waals surface area contributed by atoms with E-state index in [1.54, 1.807) is 42.5 Å². The van der Waals surface area contributed by atoms with Gasteiger partial charge in [-0.25, -0.2) is 14.4 Å². The molecule has 12 fully saturated rings. The Bertz CT molecular complexity index is 4670. The summed E-state index contributed by atoms with van der Waals surface area (Å²) in [7, 11) is 0. The second-order valence-electron chi connectivity index (χ2n) is 36.6. The number of ketones is 4. The van der Waals surface area contributed by atoms with E-state index in [2.05, 4.69) is 21.6 Å². The van der Waals surface area contributed by atoms with Crippen molar-refractivity contribution in [2.45, 2.75) is 345 Å². The monoisotopic (exact) mass is 1470 g/mol. The maximum absolute atomic E-state index is 13.9. The third-order valence-corrected chi connectivity index (χ3v) is 29.5. The third kappa shape index (κ3) is 15.1. The van der Waals surface area contributed by atoms with E-state index < -0.39 is 0 Å². The summed E-state index contributed by atoms with van der Waals surface area (Å²) in [6.45, 7) is 6.74. The molecule has 3 aromatic heterocycles. The van der Waals surface area contributed by atoms with E-state index in [1.165, 1.54) is 209 Å². The molecule has 0 N–H and O–H groups in total. The van der Waals surface area contributed by atoms with Crippen LogP contribution in [-0.2, 0) is 38.8 Å². The number of hydrogen-bond donors (Lipinski definition) is 0. The average molecular weight is 1470 g/mol. The molecule has 12 aliphatic rings. The average Bonchev–Trinajstić information content (AvgIpc) is 0.752. The number of hydrogen-bond acceptors (Lipinski definition) is 13. The van der Waals surface area contributed by atoms with Gasteiger partial charge in [0.05, 0.1) is 52.3 Å². The fourth-order valence-corrected chi connectivity index (χ4v) is 25.5. The lowest BCUT2D eigenvalue weighted by atomic mass is 9.64. The molecule has 18 rings (SSSR count). The predicted octanol–water partition coefficient (Wildman–Crippen LogP) is 13.8. The minimum atomic E-state index is -0.381. The molecule has 19 nitrogen and oxygen atoms in total. The van der Waals surface area contributed by atoms with E-state index in [4.69, 9.17) is 0 Å². The van der Waals surface area contributed by atoms with Crippen LogP contribution in [0.5, 0.6) is 0 Å². The van der Waals surface area contributed by atoms with Gasteiger partial charge in [0.2, 0.25) is 0 Å². The van der Waals surface area contributed by atoms with E-state index in [1.807, 2.05) is 30.3 Å². The Kier molecular flexibility index (Phi) is 22.3. The highest BCUT2D eigenvalue weighted by Crippen LogP contribution is 2.52. The summed E-state index contributed by atoms with van der Waals surface area (Å²) in [6.07, 6.45) is 40.9. The number of aromatic nitrogens is 6. The van der Waals surface area contributed by atoms with Gasteiger partial charge in [0, 0.05) is 85.3 Å². The number of rotatable bonds is 16. The van der Waals surface area contributed by atoms with Crippen molar-refractivity contribution in [1.29, 1.82) is 0 Å². The summed E-state index contributed by atoms with van der Waals surface area (Å²) in [4.78, 5) is 139. The third-order valence-electron chi connectivity index (χ3n) is 29.5. The molecular formula is C89H119N9O10. The fraction of sp³-hybridized carbons (Fsp3) is 0.685. The van der Waals surface area contributed by atoms with Crippen molar-refractivity contribution in [1.82, 2.24) is 42.1 Å². The molecule has 12 bridgehead atoms. The van der Waals surface area contributed by atoms with Gasteiger partial charge in [0.15, 0.2) is 5.78 Å². The Balaban J connectivity index is 0.000000124. The first-order chi connectivity index (χ1) is 52.3. The lowest BCUT2D eigenvalue weighted by Crippen LogP contribution is -2.59. The van der Waals surface area contributed by atoms with Crippen molar-refractivity contribution >= 4 is 55.8 Å². The number of carbonyl (C=O) groups excluding carboxylic acids is 4. The molecule has 6 aromatic rings. The topological polar surface area (TPSA) is 210 Å². The van der Waals surface area contributed by atoms with Gasteiger partial charge >= 0.3 is 17.1 Å². The van der Waals surface area contributed by atoms with Crippen LogP contribution in [0.1, 0.15) is 271 Å². The molecule has 0 radical (unpaired) electrons. The van der Waals surface area contributed by atoms with Gasteiger partial charge in [-0.05, 0) is 246 Å². The van der Waals surface area contributed by atoms with Crippen molar-refractivity contribution in [3.8, 4) is 0 Å². The summed E-state index contributed by atoms with van der Waals surface area (Å²) in [5.41, 5.74) is 0.00222. The van der Waals surface area contributed by atoms with Gasteiger partial charge in [0.1, 0.15) is 17.3 Å². The van der Waals surface area contributed by atoms with Crippen LogP contribution in [0.4, 0.5) is 0 Å². The Labute approximate surface area is 635 Å². The van der Waals surface area contributed by atoms with Crippen molar-refractivity contribution in [2.24, 2.45) is 41.4 Å². The summed E-state index contributed by atoms with van der Waals surface area (Å²) >= 11 is 0. The summed E-state index contributed by atoms with van der Waals surface area (Å²) in [6, 6.07) is 26.0. The highest BCUT2D eigenvalue weighted by molar-refractivity contribution is 5.87. The quantitative estimate of drug-likeness (QED) is 0.0884. The van der Waals surface area contributed by atoms with E-state index in [0.717, 1.165) is 92.8 Å². The van der Waals surface area contributed by atoms with Crippen LogP contribution in [0, 0.1) is 41.4 Å². The molecule has 0 spiro atoms. The number of para-hydroxylation sites is 3. The molecule has 3 aromatic carbocycles. The maximum atomic E-state index is 13.9. The largest absolute Gasteiger partial charge is 0.332 e. The minimum Gasteiger partial charge on any atom is -0.300 e. The number of Topliss-reactive ketones (excluding diaryl/α,β-unsaturated/α-hetero) is 4. The molecule has 0 amide bonds. The van der Waals surface area contributed by atoms with Crippen molar-refractivity contribution in [3.63, 3.8) is 0 Å². The highest BCUT2D eigenvalue weighted by atomic mass is 16.2. The Morgan fingerprint density at radius 3 is 0.898 bits per heavy atom. The molecule has 19 heteroatoms. The molecule has 108 heavy (non-hydrogen) atoms. The molecule has 580 valence electrons. The first kappa shape index (κ1) is 75.1. The number of carbonyl (C=O) groups is 4. The molecular weight excluding hydrogens is 1360 g/mol. The lowest BCUT2D eigenvalue weighted by Gasteiger charge is -2.55. The highest BCUT2D eigenvalue weighted by Gasteiger charge is 2.50. The minimum absolute atomic E-state index is 0.00886. The van der Waals surface area contributed by atoms with Gasteiger partial charge < -0.3 is 4.79 Å². The normalized spacial score (nSPS) is 33.1. The number of benzene rings is 3. The van der Waals surface area contributed by atoms with Crippen LogP contribution in [0.2, 0.25) is 0 Å². The van der Waals surface area contributed by atoms with Gasteiger partial charge in [-0.1, -0.05) is 108 Å². The first-order valence-corrected chi connectivity index (χ1v) is 42.8. The van der Waals surface area contributed by atoms with E-state index in [-0.39, 0.29) is 107 Å². The fourth-order valence-electron chi connectivity index (χ4n) is 25.5. The zero-order valence-corrected chi connectivity index (χ0v) is 64.9. The van der Waals surface area contributed by atoms with Gasteiger partial charge in [-0.3, -0.25) is 70.9 Å². The smallest absolute Gasteiger partial charge is 0.300 e. The van der Waals surface area contributed by atoms with Crippen LogP contribution < -0.4 is 33.7 Å². The van der Waals surface area contributed by atoms with Gasteiger partial charge in [-0.15, -0.1) is 0 Å². The van der Waals surface area contributed by atoms with E-state index in [9.17, 15) is 47.9 Å². The summed E-state index contributed by atoms with van der Waals surface area (Å²) in [5, 5.41) is 1.56. The zero-order valence-electron chi connectivity index (χ0n) is 64.9. The van der Waals surface area contributed by atoms with Crippen LogP contribution in [0.25, 0.3) is 32.7 Å².